The average molecular weight is 229 g/mol. The predicted molar refractivity (Wildman–Crippen MR) is 50.5 cm³/mol. The SMILES string of the molecule is N#CC(CCCCC1CO1)([N+](=O)[O-])[N+](=O)[O-]. The highest BCUT2D eigenvalue weighted by Crippen LogP contribution is 2.22. The second-order valence-electron chi connectivity index (χ2n) is 3.64. The van der Waals surface area contributed by atoms with Crippen LogP contribution in [0.2, 0.25) is 0 Å². The lowest BCUT2D eigenvalue weighted by molar-refractivity contribution is -0.778. The summed E-state index contributed by atoms with van der Waals surface area (Å²) in [5, 5.41) is 29.7. The molecular weight excluding hydrogens is 218 g/mol. The lowest BCUT2D eigenvalue weighted by Crippen LogP contribution is -2.44. The topological polar surface area (TPSA) is 123 Å². The summed E-state index contributed by atoms with van der Waals surface area (Å²) in [6, 6.07) is 1.19. The van der Waals surface area contributed by atoms with Crippen molar-refractivity contribution < 1.29 is 14.6 Å². The number of epoxide rings is 1. The number of nitriles is 1. The first kappa shape index (κ1) is 12.3. The third kappa shape index (κ3) is 2.64. The fourth-order valence-electron chi connectivity index (χ4n) is 1.37. The fraction of sp³-hybridized carbons (Fsp3) is 0.875. The zero-order valence-electron chi connectivity index (χ0n) is 8.50. The van der Waals surface area contributed by atoms with Crippen LogP contribution < -0.4 is 0 Å². The van der Waals surface area contributed by atoms with E-state index in [9.17, 15) is 20.2 Å². The molecule has 0 aromatic rings. The van der Waals surface area contributed by atoms with Gasteiger partial charge in [0.2, 0.25) is 6.07 Å². The van der Waals surface area contributed by atoms with Gasteiger partial charge in [-0.15, -0.1) is 0 Å². The number of hydrogen-bond donors (Lipinski definition) is 0. The first-order valence-electron chi connectivity index (χ1n) is 4.85. The molecule has 0 amide bonds. The van der Waals surface area contributed by atoms with Crippen LogP contribution in [0.3, 0.4) is 0 Å². The molecular formula is C8H11N3O5. The van der Waals surface area contributed by atoms with Crippen molar-refractivity contribution in [1.82, 2.24) is 0 Å². The van der Waals surface area contributed by atoms with Gasteiger partial charge in [0.05, 0.1) is 12.7 Å². The second kappa shape index (κ2) is 4.85. The number of nitrogens with zero attached hydrogens (tertiary/aromatic N) is 3. The molecule has 0 saturated carbocycles. The Hall–Kier alpha value is -1.75. The minimum Gasteiger partial charge on any atom is -0.373 e. The van der Waals surface area contributed by atoms with Gasteiger partial charge in [-0.1, -0.05) is 6.42 Å². The highest BCUT2D eigenvalue weighted by Gasteiger charge is 2.56. The Labute approximate surface area is 91.1 Å². The van der Waals surface area contributed by atoms with Gasteiger partial charge < -0.3 is 4.74 Å². The molecule has 0 aromatic carbocycles. The summed E-state index contributed by atoms with van der Waals surface area (Å²) in [4.78, 5) is 18.9. The molecule has 0 radical (unpaired) electrons. The van der Waals surface area contributed by atoms with Gasteiger partial charge >= 0.3 is 5.66 Å². The normalized spacial score (nSPS) is 18.8. The van der Waals surface area contributed by atoms with Crippen LogP contribution in [0, 0.1) is 31.6 Å². The summed E-state index contributed by atoms with van der Waals surface area (Å²) in [6.45, 7) is 0.688. The maximum atomic E-state index is 10.6. The van der Waals surface area contributed by atoms with Gasteiger partial charge in [0, 0.05) is 0 Å². The van der Waals surface area contributed by atoms with Crippen molar-refractivity contribution in [2.24, 2.45) is 0 Å². The highest BCUT2D eigenvalue weighted by atomic mass is 16.7. The van der Waals surface area contributed by atoms with Crippen LogP contribution in [-0.2, 0) is 4.74 Å². The first-order chi connectivity index (χ1) is 7.53. The fourth-order valence-corrected chi connectivity index (χ4v) is 1.37. The van der Waals surface area contributed by atoms with E-state index in [1.165, 1.54) is 6.07 Å². The number of ether oxygens (including phenoxy) is 1. The van der Waals surface area contributed by atoms with Gasteiger partial charge in [0.15, 0.2) is 0 Å². The molecule has 8 nitrogen and oxygen atoms in total. The molecule has 1 fully saturated rings. The summed E-state index contributed by atoms with van der Waals surface area (Å²) >= 11 is 0. The zero-order valence-corrected chi connectivity index (χ0v) is 8.50. The van der Waals surface area contributed by atoms with Crippen LogP contribution in [0.15, 0.2) is 0 Å². The summed E-state index contributed by atoms with van der Waals surface area (Å²) in [6.07, 6.45) is 1.43. The Morgan fingerprint density at radius 1 is 1.38 bits per heavy atom. The van der Waals surface area contributed by atoms with E-state index in [4.69, 9.17) is 10.00 Å². The molecule has 0 aliphatic carbocycles. The van der Waals surface area contributed by atoms with Crippen molar-refractivity contribution in [2.45, 2.75) is 37.5 Å². The molecule has 0 N–H and O–H groups in total. The molecule has 1 heterocycles. The lowest BCUT2D eigenvalue weighted by Gasteiger charge is -2.08. The first-order valence-corrected chi connectivity index (χ1v) is 4.85. The molecule has 0 bridgehead atoms. The standard InChI is InChI=1S/C8H11N3O5/c9-6-8(10(12)13,11(14)15)4-2-1-3-7-5-16-7/h7H,1-5H2. The van der Waals surface area contributed by atoms with E-state index < -0.39 is 15.5 Å². The molecule has 1 aliphatic heterocycles. The molecule has 88 valence electrons. The third-order valence-electron chi connectivity index (χ3n) is 2.49. The molecule has 16 heavy (non-hydrogen) atoms. The Kier molecular flexibility index (Phi) is 3.73. The van der Waals surface area contributed by atoms with Crippen molar-refractivity contribution in [2.75, 3.05) is 6.61 Å². The van der Waals surface area contributed by atoms with E-state index in [1.807, 2.05) is 0 Å². The molecule has 1 saturated heterocycles. The Bertz CT molecular complexity index is 319. The van der Waals surface area contributed by atoms with E-state index in [1.54, 1.807) is 0 Å². The largest absolute Gasteiger partial charge is 0.543 e. The van der Waals surface area contributed by atoms with Crippen LogP contribution in [0.1, 0.15) is 25.7 Å². The molecule has 1 aliphatic rings. The van der Waals surface area contributed by atoms with E-state index in [-0.39, 0.29) is 18.9 Å². The van der Waals surface area contributed by atoms with Crippen molar-refractivity contribution in [3.05, 3.63) is 20.2 Å². The lowest BCUT2D eigenvalue weighted by atomic mass is 10.0. The Balaban J connectivity index is 2.46. The molecule has 1 atom stereocenters. The van der Waals surface area contributed by atoms with Gasteiger partial charge in [0.1, 0.15) is 16.3 Å². The molecule has 1 unspecified atom stereocenters. The van der Waals surface area contributed by atoms with E-state index in [0.717, 1.165) is 6.42 Å². The summed E-state index contributed by atoms with van der Waals surface area (Å²) in [5.41, 5.74) is -2.69. The van der Waals surface area contributed by atoms with Gasteiger partial charge in [-0.05, 0) is 12.8 Å². The minimum atomic E-state index is -2.69. The van der Waals surface area contributed by atoms with Crippen LogP contribution >= 0.6 is 0 Å². The quantitative estimate of drug-likeness (QED) is 0.208. The van der Waals surface area contributed by atoms with Crippen molar-refractivity contribution >= 4 is 0 Å². The summed E-state index contributed by atoms with van der Waals surface area (Å²) in [5.74, 6) is 0. The van der Waals surface area contributed by atoms with Crippen molar-refractivity contribution in [3.63, 3.8) is 0 Å². The van der Waals surface area contributed by atoms with Gasteiger partial charge in [-0.25, -0.2) is 0 Å². The predicted octanol–water partition coefficient (Wildman–Crippen LogP) is 0.719. The third-order valence-corrected chi connectivity index (χ3v) is 2.49. The van der Waals surface area contributed by atoms with Gasteiger partial charge in [-0.3, -0.25) is 20.2 Å². The summed E-state index contributed by atoms with van der Waals surface area (Å²) in [7, 11) is 0. The van der Waals surface area contributed by atoms with E-state index in [2.05, 4.69) is 0 Å². The number of hydrogen-bond acceptors (Lipinski definition) is 6. The second-order valence-corrected chi connectivity index (χ2v) is 3.64. The number of unbranched alkanes of at least 4 members (excludes halogenated alkanes) is 1. The van der Waals surface area contributed by atoms with Crippen LogP contribution in [0.25, 0.3) is 0 Å². The Morgan fingerprint density at radius 2 is 1.94 bits per heavy atom. The number of nitro groups is 2. The molecule has 1 rings (SSSR count). The average Bonchev–Trinajstić information content (AvgIpc) is 3.01. The van der Waals surface area contributed by atoms with Crippen LogP contribution in [0.5, 0.6) is 0 Å². The van der Waals surface area contributed by atoms with Gasteiger partial charge in [-0.2, -0.15) is 5.26 Å². The van der Waals surface area contributed by atoms with Crippen LogP contribution in [-0.4, -0.2) is 28.2 Å². The zero-order chi connectivity index (χ0) is 12.2. The smallest absolute Gasteiger partial charge is 0.373 e. The minimum absolute atomic E-state index is 0.197. The van der Waals surface area contributed by atoms with E-state index >= 15 is 0 Å². The molecule has 8 heteroatoms. The van der Waals surface area contributed by atoms with Crippen molar-refractivity contribution in [1.29, 1.82) is 5.26 Å². The number of rotatable bonds is 7. The van der Waals surface area contributed by atoms with E-state index in [0.29, 0.717) is 13.0 Å². The molecule has 0 spiro atoms. The highest BCUT2D eigenvalue weighted by molar-refractivity contribution is 4.91. The maximum Gasteiger partial charge on any atom is 0.543 e. The van der Waals surface area contributed by atoms with Crippen LogP contribution in [0.4, 0.5) is 0 Å². The monoisotopic (exact) mass is 229 g/mol. The molecule has 0 aromatic heterocycles. The maximum absolute atomic E-state index is 10.6. The van der Waals surface area contributed by atoms with Crippen molar-refractivity contribution in [3.8, 4) is 6.07 Å². The Morgan fingerprint density at radius 3 is 2.31 bits per heavy atom. The summed E-state index contributed by atoms with van der Waals surface area (Å²) < 4.78 is 4.93. The van der Waals surface area contributed by atoms with Gasteiger partial charge in [0.25, 0.3) is 0 Å².